The number of anilines is 1. The van der Waals surface area contributed by atoms with Crippen LogP contribution in [0.5, 0.6) is 11.5 Å². The molecule has 2 aliphatic rings. The van der Waals surface area contributed by atoms with Gasteiger partial charge in [0.25, 0.3) is 0 Å². The summed E-state index contributed by atoms with van der Waals surface area (Å²) in [5.41, 5.74) is 1.67. The topological polar surface area (TPSA) is 87.7 Å². The van der Waals surface area contributed by atoms with Gasteiger partial charge in [-0.15, -0.1) is 0 Å². The highest BCUT2D eigenvalue weighted by Crippen LogP contribution is 2.35. The zero-order valence-corrected chi connectivity index (χ0v) is 12.0. The van der Waals surface area contributed by atoms with E-state index < -0.39 is 5.97 Å². The molecule has 0 saturated carbocycles. The molecule has 0 amide bonds. The monoisotopic (exact) mass is 303 g/mol. The summed E-state index contributed by atoms with van der Waals surface area (Å²) in [5, 5.41) is 9.20. The highest BCUT2D eigenvalue weighted by molar-refractivity contribution is 5.82. The lowest BCUT2D eigenvalue weighted by atomic mass is 9.99. The molecule has 116 valence electrons. The molecule has 3 heterocycles. The molecule has 7 nitrogen and oxygen atoms in total. The van der Waals surface area contributed by atoms with E-state index in [9.17, 15) is 9.90 Å². The van der Waals surface area contributed by atoms with Crippen molar-refractivity contribution in [1.29, 1.82) is 0 Å². The minimum atomic E-state index is -0.738. The molecule has 7 heteroatoms. The number of fused-ring (bicyclic) bond motifs is 2. The number of nitrogens with zero attached hydrogens (tertiary/aromatic N) is 2. The van der Waals surface area contributed by atoms with Crippen LogP contribution in [-0.2, 0) is 4.79 Å². The Morgan fingerprint density at radius 3 is 2.86 bits per heavy atom. The lowest BCUT2D eigenvalue weighted by Gasteiger charge is -2.30. The average molecular weight is 303 g/mol. The largest absolute Gasteiger partial charge is 0.486 e. The number of ether oxygens (including phenoxy) is 2. The fraction of sp³-hybridized carbons (Fsp3) is 0.467. The van der Waals surface area contributed by atoms with Gasteiger partial charge in [0.1, 0.15) is 13.2 Å². The second-order valence-electron chi connectivity index (χ2n) is 5.70. The van der Waals surface area contributed by atoms with Crippen molar-refractivity contribution in [2.75, 3.05) is 31.2 Å². The number of carboxylic acids is 1. The molecule has 2 N–H and O–H groups in total. The Balaban J connectivity index is 1.66. The van der Waals surface area contributed by atoms with Gasteiger partial charge in [0, 0.05) is 25.2 Å². The van der Waals surface area contributed by atoms with Crippen LogP contribution in [0.3, 0.4) is 0 Å². The highest BCUT2D eigenvalue weighted by atomic mass is 16.6. The Hall–Kier alpha value is -2.44. The SMILES string of the molecule is O=C(O)C1CCCN(c2nc3cc4c(cc3[nH]2)OCCO4)C1. The lowest BCUT2D eigenvalue weighted by Crippen LogP contribution is -2.39. The summed E-state index contributed by atoms with van der Waals surface area (Å²) in [6.45, 7) is 2.40. The van der Waals surface area contributed by atoms with Crippen LogP contribution in [0.1, 0.15) is 12.8 Å². The van der Waals surface area contributed by atoms with Gasteiger partial charge in [-0.25, -0.2) is 4.98 Å². The number of imidazole rings is 1. The molecule has 1 saturated heterocycles. The van der Waals surface area contributed by atoms with Crippen LogP contribution in [0.25, 0.3) is 11.0 Å². The number of aromatic amines is 1. The summed E-state index contributed by atoms with van der Waals surface area (Å²) in [4.78, 5) is 21.0. The first-order chi connectivity index (χ1) is 10.7. The van der Waals surface area contributed by atoms with Crippen molar-refractivity contribution in [3.63, 3.8) is 0 Å². The first-order valence-electron chi connectivity index (χ1n) is 7.48. The highest BCUT2D eigenvalue weighted by Gasteiger charge is 2.27. The minimum Gasteiger partial charge on any atom is -0.486 e. The van der Waals surface area contributed by atoms with Crippen LogP contribution in [0.15, 0.2) is 12.1 Å². The van der Waals surface area contributed by atoms with E-state index in [0.717, 1.165) is 36.2 Å². The number of carbonyl (C=O) groups is 1. The zero-order valence-electron chi connectivity index (χ0n) is 12.0. The fourth-order valence-electron chi connectivity index (χ4n) is 3.05. The Morgan fingerprint density at radius 1 is 1.32 bits per heavy atom. The summed E-state index contributed by atoms with van der Waals surface area (Å²) >= 11 is 0. The molecule has 1 unspecified atom stereocenters. The average Bonchev–Trinajstić information content (AvgIpc) is 2.95. The van der Waals surface area contributed by atoms with Crippen LogP contribution >= 0.6 is 0 Å². The lowest BCUT2D eigenvalue weighted by molar-refractivity contribution is -0.141. The van der Waals surface area contributed by atoms with Crippen LogP contribution < -0.4 is 14.4 Å². The summed E-state index contributed by atoms with van der Waals surface area (Å²) in [6, 6.07) is 3.75. The van der Waals surface area contributed by atoms with E-state index >= 15 is 0 Å². The summed E-state index contributed by atoms with van der Waals surface area (Å²) in [7, 11) is 0. The molecular weight excluding hydrogens is 286 g/mol. The number of aromatic nitrogens is 2. The van der Waals surface area contributed by atoms with Gasteiger partial charge in [0.15, 0.2) is 11.5 Å². The van der Waals surface area contributed by atoms with Gasteiger partial charge in [-0.05, 0) is 12.8 Å². The molecule has 0 spiro atoms. The van der Waals surface area contributed by atoms with Crippen molar-refractivity contribution in [2.24, 2.45) is 5.92 Å². The summed E-state index contributed by atoms with van der Waals surface area (Å²) < 4.78 is 11.1. The quantitative estimate of drug-likeness (QED) is 0.877. The molecule has 0 radical (unpaired) electrons. The number of carboxylic acid groups (broad SMARTS) is 1. The number of rotatable bonds is 2. The molecule has 1 fully saturated rings. The second kappa shape index (κ2) is 5.08. The number of benzene rings is 1. The molecule has 2 aromatic rings. The van der Waals surface area contributed by atoms with E-state index in [1.807, 2.05) is 17.0 Å². The molecule has 0 bridgehead atoms. The van der Waals surface area contributed by atoms with Crippen molar-refractivity contribution < 1.29 is 19.4 Å². The number of nitrogens with one attached hydrogen (secondary N) is 1. The van der Waals surface area contributed by atoms with E-state index in [1.165, 1.54) is 0 Å². The number of hydrogen-bond donors (Lipinski definition) is 2. The molecule has 1 atom stereocenters. The molecule has 1 aromatic heterocycles. The van der Waals surface area contributed by atoms with Crippen molar-refractivity contribution in [2.45, 2.75) is 12.8 Å². The third-order valence-corrected chi connectivity index (χ3v) is 4.20. The van der Waals surface area contributed by atoms with Gasteiger partial charge >= 0.3 is 5.97 Å². The standard InChI is InChI=1S/C15H17N3O4/c19-14(20)9-2-1-3-18(8-9)15-16-10-6-12-13(7-11(10)17-15)22-5-4-21-12/h6-7,9H,1-5,8H2,(H,16,17)(H,19,20). The van der Waals surface area contributed by atoms with Gasteiger partial charge in [0.05, 0.1) is 17.0 Å². The zero-order chi connectivity index (χ0) is 15.1. The third kappa shape index (κ3) is 2.22. The number of H-pyrrole nitrogens is 1. The van der Waals surface area contributed by atoms with Crippen molar-refractivity contribution in [3.05, 3.63) is 12.1 Å². The molecule has 1 aromatic carbocycles. The second-order valence-corrected chi connectivity index (χ2v) is 5.70. The summed E-state index contributed by atoms with van der Waals surface area (Å²) in [5.74, 6) is 1.07. The predicted octanol–water partition coefficient (Wildman–Crippen LogP) is 1.64. The minimum absolute atomic E-state index is 0.332. The first kappa shape index (κ1) is 13.2. The van der Waals surface area contributed by atoms with Crippen LogP contribution in [0, 0.1) is 5.92 Å². The van der Waals surface area contributed by atoms with E-state index in [0.29, 0.717) is 31.5 Å². The Bertz CT molecular complexity index is 684. The van der Waals surface area contributed by atoms with Gasteiger partial charge in [0.2, 0.25) is 5.95 Å². The third-order valence-electron chi connectivity index (χ3n) is 4.20. The predicted molar refractivity (Wildman–Crippen MR) is 79.7 cm³/mol. The molecule has 0 aliphatic carbocycles. The number of piperidine rings is 1. The number of aliphatic carboxylic acids is 1. The normalized spacial score (nSPS) is 21.1. The van der Waals surface area contributed by atoms with E-state index in [2.05, 4.69) is 9.97 Å². The maximum Gasteiger partial charge on any atom is 0.308 e. The van der Waals surface area contributed by atoms with Gasteiger partial charge in [-0.2, -0.15) is 0 Å². The van der Waals surface area contributed by atoms with Crippen molar-refractivity contribution >= 4 is 23.0 Å². The smallest absolute Gasteiger partial charge is 0.308 e. The maximum atomic E-state index is 11.2. The molecule has 2 aliphatic heterocycles. The van der Waals surface area contributed by atoms with E-state index in [4.69, 9.17) is 9.47 Å². The summed E-state index contributed by atoms with van der Waals surface area (Å²) in [6.07, 6.45) is 1.58. The Labute approximate surface area is 126 Å². The Morgan fingerprint density at radius 2 is 2.09 bits per heavy atom. The molecule has 4 rings (SSSR count). The first-order valence-corrected chi connectivity index (χ1v) is 7.48. The van der Waals surface area contributed by atoms with Gasteiger partial charge < -0.3 is 24.5 Å². The van der Waals surface area contributed by atoms with Crippen LogP contribution in [0.4, 0.5) is 5.95 Å². The van der Waals surface area contributed by atoms with E-state index in [-0.39, 0.29) is 5.92 Å². The maximum absolute atomic E-state index is 11.2. The molecule has 22 heavy (non-hydrogen) atoms. The van der Waals surface area contributed by atoms with Crippen molar-refractivity contribution in [1.82, 2.24) is 9.97 Å². The number of hydrogen-bond acceptors (Lipinski definition) is 5. The molecular formula is C15H17N3O4. The van der Waals surface area contributed by atoms with Gasteiger partial charge in [-0.3, -0.25) is 4.79 Å². The Kier molecular flexibility index (Phi) is 3.06. The van der Waals surface area contributed by atoms with Crippen molar-refractivity contribution in [3.8, 4) is 11.5 Å². The van der Waals surface area contributed by atoms with Crippen LogP contribution in [-0.4, -0.2) is 47.3 Å². The van der Waals surface area contributed by atoms with Gasteiger partial charge in [-0.1, -0.05) is 0 Å². The van der Waals surface area contributed by atoms with E-state index in [1.54, 1.807) is 0 Å². The van der Waals surface area contributed by atoms with Crippen LogP contribution in [0.2, 0.25) is 0 Å². The fourth-order valence-corrected chi connectivity index (χ4v) is 3.05.